The predicted molar refractivity (Wildman–Crippen MR) is 84.6 cm³/mol. The van der Waals surface area contributed by atoms with E-state index in [1.165, 1.54) is 22.3 Å². The molecule has 0 aliphatic heterocycles. The fourth-order valence-corrected chi connectivity index (χ4v) is 3.15. The number of nitrogens with two attached hydrogens (primary N) is 1. The summed E-state index contributed by atoms with van der Waals surface area (Å²) in [7, 11) is 0. The first-order chi connectivity index (χ1) is 8.71. The number of hydrogen-bond donors (Lipinski definition) is 1. The lowest BCUT2D eigenvalue weighted by atomic mass is 9.84. The van der Waals surface area contributed by atoms with Crippen molar-refractivity contribution in [2.45, 2.75) is 52.2 Å². The summed E-state index contributed by atoms with van der Waals surface area (Å²) in [5.41, 5.74) is 10.8. The van der Waals surface area contributed by atoms with E-state index in [0.717, 1.165) is 11.5 Å². The highest BCUT2D eigenvalue weighted by molar-refractivity contribution is 7.98. The van der Waals surface area contributed by atoms with Crippen LogP contribution in [-0.4, -0.2) is 11.7 Å². The third kappa shape index (κ3) is 4.90. The fourth-order valence-electron chi connectivity index (χ4n) is 2.00. The van der Waals surface area contributed by atoms with E-state index in [-0.39, 0.29) is 11.3 Å². The van der Waals surface area contributed by atoms with Crippen LogP contribution in [0.25, 0.3) is 0 Å². The summed E-state index contributed by atoms with van der Waals surface area (Å²) >= 11 is 1.78. The van der Waals surface area contributed by atoms with Crippen LogP contribution in [-0.2, 0) is 16.0 Å². The van der Waals surface area contributed by atoms with Crippen LogP contribution < -0.4 is 5.73 Å². The van der Waals surface area contributed by atoms with Gasteiger partial charge < -0.3 is 5.73 Å². The maximum Gasteiger partial charge on any atom is 0.218 e. The highest BCUT2D eigenvalue weighted by Crippen LogP contribution is 2.28. The molecule has 106 valence electrons. The first kappa shape index (κ1) is 16.1. The Bertz CT molecular complexity index is 437. The van der Waals surface area contributed by atoms with Crippen molar-refractivity contribution in [3.8, 4) is 0 Å². The topological polar surface area (TPSA) is 43.1 Å². The molecule has 2 nitrogen and oxygen atoms in total. The first-order valence-corrected chi connectivity index (χ1v) is 7.84. The number of thioether (sulfide) groups is 1. The minimum absolute atomic E-state index is 0.188. The molecule has 2 N–H and O–H groups in total. The van der Waals surface area contributed by atoms with Gasteiger partial charge in [0.1, 0.15) is 0 Å². The van der Waals surface area contributed by atoms with Crippen molar-refractivity contribution in [1.82, 2.24) is 0 Å². The van der Waals surface area contributed by atoms with Gasteiger partial charge in [-0.25, -0.2) is 0 Å². The average Bonchev–Trinajstić information content (AvgIpc) is 2.25. The molecule has 0 fully saturated rings. The Labute approximate surface area is 121 Å². The zero-order valence-corrected chi connectivity index (χ0v) is 13.5. The van der Waals surface area contributed by atoms with Gasteiger partial charge in [0.2, 0.25) is 5.91 Å². The van der Waals surface area contributed by atoms with Crippen LogP contribution in [0.1, 0.15) is 49.4 Å². The Balaban J connectivity index is 2.78. The summed E-state index contributed by atoms with van der Waals surface area (Å²) < 4.78 is 0. The van der Waals surface area contributed by atoms with Crippen LogP contribution in [0.2, 0.25) is 0 Å². The van der Waals surface area contributed by atoms with Crippen molar-refractivity contribution in [3.63, 3.8) is 0 Å². The monoisotopic (exact) mass is 279 g/mol. The van der Waals surface area contributed by atoms with Gasteiger partial charge in [-0.3, -0.25) is 4.79 Å². The smallest absolute Gasteiger partial charge is 0.218 e. The number of benzene rings is 1. The molecular weight excluding hydrogens is 254 g/mol. The minimum Gasteiger partial charge on any atom is -0.370 e. The van der Waals surface area contributed by atoms with E-state index in [9.17, 15) is 4.79 Å². The van der Waals surface area contributed by atoms with Crippen molar-refractivity contribution in [2.24, 2.45) is 5.73 Å². The normalized spacial score (nSPS) is 11.6. The Kier molecular flexibility index (Phi) is 5.48. The summed E-state index contributed by atoms with van der Waals surface area (Å²) in [6, 6.07) is 4.58. The number of carbonyl (C=O) groups excluding carboxylic acids is 1. The van der Waals surface area contributed by atoms with Crippen molar-refractivity contribution >= 4 is 17.7 Å². The zero-order valence-electron chi connectivity index (χ0n) is 12.7. The van der Waals surface area contributed by atoms with Crippen molar-refractivity contribution in [1.29, 1.82) is 0 Å². The molecule has 0 spiro atoms. The van der Waals surface area contributed by atoms with Gasteiger partial charge in [0.25, 0.3) is 0 Å². The van der Waals surface area contributed by atoms with E-state index in [0.29, 0.717) is 6.42 Å². The summed E-state index contributed by atoms with van der Waals surface area (Å²) in [5, 5.41) is 0. The van der Waals surface area contributed by atoms with E-state index in [1.54, 1.807) is 11.8 Å². The lowest BCUT2D eigenvalue weighted by Crippen LogP contribution is -2.13. The first-order valence-electron chi connectivity index (χ1n) is 6.68. The molecule has 0 aromatic heterocycles. The maximum absolute atomic E-state index is 10.7. The van der Waals surface area contributed by atoms with Gasteiger partial charge in [-0.1, -0.05) is 32.9 Å². The number of rotatable bonds is 5. The van der Waals surface area contributed by atoms with Gasteiger partial charge in [-0.15, -0.1) is 0 Å². The molecule has 0 heterocycles. The summed E-state index contributed by atoms with van der Waals surface area (Å²) in [5.74, 6) is 1.54. The third-order valence-corrected chi connectivity index (χ3v) is 4.29. The third-order valence-electron chi connectivity index (χ3n) is 3.30. The average molecular weight is 279 g/mol. The standard InChI is InChI=1S/C16H25NOS/c1-11-8-13(16(3,4)5)9-12(2)14(11)10-19-7-6-15(17)18/h8-9H,6-7,10H2,1-5H3,(H2,17,18). The number of carbonyl (C=O) groups is 1. The number of primary amides is 1. The van der Waals surface area contributed by atoms with Crippen LogP contribution in [0.15, 0.2) is 12.1 Å². The van der Waals surface area contributed by atoms with E-state index in [4.69, 9.17) is 5.73 Å². The second-order valence-corrected chi connectivity index (χ2v) is 7.21. The molecule has 1 amide bonds. The molecule has 0 bridgehead atoms. The summed E-state index contributed by atoms with van der Waals surface area (Å²) in [6.07, 6.45) is 0.461. The van der Waals surface area contributed by atoms with Crippen LogP contribution in [0.5, 0.6) is 0 Å². The van der Waals surface area contributed by atoms with Gasteiger partial charge in [-0.05, 0) is 41.5 Å². The van der Waals surface area contributed by atoms with E-state index in [1.807, 2.05) is 0 Å². The second-order valence-electron chi connectivity index (χ2n) is 6.11. The largest absolute Gasteiger partial charge is 0.370 e. The molecule has 0 radical (unpaired) electrons. The predicted octanol–water partition coefficient (Wildman–Crippen LogP) is 3.71. The minimum atomic E-state index is -0.218. The quantitative estimate of drug-likeness (QED) is 0.835. The highest BCUT2D eigenvalue weighted by Gasteiger charge is 2.16. The molecule has 3 heteroatoms. The molecule has 0 unspecified atom stereocenters. The molecule has 1 rings (SSSR count). The summed E-state index contributed by atoms with van der Waals surface area (Å²) in [4.78, 5) is 10.7. The lowest BCUT2D eigenvalue weighted by Gasteiger charge is -2.22. The highest BCUT2D eigenvalue weighted by atomic mass is 32.2. The molecular formula is C16H25NOS. The van der Waals surface area contributed by atoms with E-state index in [2.05, 4.69) is 46.8 Å². The van der Waals surface area contributed by atoms with Crippen molar-refractivity contribution in [2.75, 3.05) is 5.75 Å². The second kappa shape index (κ2) is 6.47. The van der Waals surface area contributed by atoms with Gasteiger partial charge in [0.05, 0.1) is 0 Å². The van der Waals surface area contributed by atoms with E-state index < -0.39 is 0 Å². The van der Waals surface area contributed by atoms with Crippen LogP contribution in [0.4, 0.5) is 0 Å². The molecule has 0 aliphatic rings. The molecule has 19 heavy (non-hydrogen) atoms. The number of hydrogen-bond acceptors (Lipinski definition) is 2. The van der Waals surface area contributed by atoms with Gasteiger partial charge >= 0.3 is 0 Å². The lowest BCUT2D eigenvalue weighted by molar-refractivity contribution is -0.117. The van der Waals surface area contributed by atoms with Crippen LogP contribution in [0.3, 0.4) is 0 Å². The maximum atomic E-state index is 10.7. The fraction of sp³-hybridized carbons (Fsp3) is 0.562. The van der Waals surface area contributed by atoms with Crippen LogP contribution in [0, 0.1) is 13.8 Å². The Hall–Kier alpha value is -0.960. The Morgan fingerprint density at radius 3 is 2.16 bits per heavy atom. The summed E-state index contributed by atoms with van der Waals surface area (Å²) in [6.45, 7) is 11.1. The molecule has 1 aromatic rings. The Morgan fingerprint density at radius 1 is 1.21 bits per heavy atom. The molecule has 0 atom stereocenters. The molecule has 0 saturated carbocycles. The van der Waals surface area contributed by atoms with Gasteiger partial charge in [0.15, 0.2) is 0 Å². The van der Waals surface area contributed by atoms with E-state index >= 15 is 0 Å². The molecule has 1 aromatic carbocycles. The van der Waals surface area contributed by atoms with Crippen LogP contribution >= 0.6 is 11.8 Å². The Morgan fingerprint density at radius 2 is 1.74 bits per heavy atom. The van der Waals surface area contributed by atoms with Crippen molar-refractivity contribution in [3.05, 3.63) is 34.4 Å². The van der Waals surface area contributed by atoms with Gasteiger partial charge in [0, 0.05) is 17.9 Å². The van der Waals surface area contributed by atoms with Gasteiger partial charge in [-0.2, -0.15) is 11.8 Å². The molecule has 0 aliphatic carbocycles. The molecule has 0 saturated heterocycles. The SMILES string of the molecule is Cc1cc(C(C)(C)C)cc(C)c1CSCCC(N)=O. The number of aryl methyl sites for hydroxylation is 2. The van der Waals surface area contributed by atoms with Crippen molar-refractivity contribution < 1.29 is 4.79 Å². The zero-order chi connectivity index (χ0) is 14.6. The number of amides is 1.